The van der Waals surface area contributed by atoms with E-state index in [0.29, 0.717) is 0 Å². The van der Waals surface area contributed by atoms with Crippen molar-refractivity contribution in [1.29, 1.82) is 0 Å². The molecule has 0 saturated carbocycles. The first-order valence-electron chi connectivity index (χ1n) is 3.51. The zero-order valence-electron chi connectivity index (χ0n) is 6.60. The molecule has 6 heteroatoms. The molecule has 0 unspecified atom stereocenters. The van der Waals surface area contributed by atoms with E-state index in [2.05, 4.69) is 4.99 Å². The molecule has 1 aliphatic rings. The minimum Gasteiger partial charge on any atom is -0.480 e. The summed E-state index contributed by atoms with van der Waals surface area (Å²) in [7, 11) is 0. The van der Waals surface area contributed by atoms with Gasteiger partial charge >= 0.3 is 5.97 Å². The molecule has 0 aromatic rings. The maximum Gasteiger partial charge on any atom is 0.325 e. The van der Waals surface area contributed by atoms with E-state index in [1.165, 1.54) is 17.8 Å². The fourth-order valence-electron chi connectivity index (χ4n) is 1.01. The van der Waals surface area contributed by atoms with Crippen LogP contribution >= 0.6 is 0 Å². The first kappa shape index (κ1) is 9.40. The van der Waals surface area contributed by atoms with Crippen LogP contribution < -0.4 is 5.48 Å². The molecule has 6 nitrogen and oxygen atoms in total. The van der Waals surface area contributed by atoms with Gasteiger partial charge in [-0.25, -0.2) is 5.48 Å². The maximum absolute atomic E-state index is 11.1. The van der Waals surface area contributed by atoms with Crippen molar-refractivity contribution >= 4 is 18.1 Å². The predicted molar refractivity (Wildman–Crippen MR) is 42.2 cm³/mol. The topological polar surface area (TPSA) is 99.0 Å². The smallest absolute Gasteiger partial charge is 0.325 e. The van der Waals surface area contributed by atoms with Gasteiger partial charge in [0.1, 0.15) is 0 Å². The Labute approximate surface area is 73.5 Å². The highest BCUT2D eigenvalue weighted by Gasteiger charge is 2.44. The highest BCUT2D eigenvalue weighted by molar-refractivity contribution is 6.16. The fourth-order valence-corrected chi connectivity index (χ4v) is 1.01. The monoisotopic (exact) mass is 184 g/mol. The summed E-state index contributed by atoms with van der Waals surface area (Å²) in [6, 6.07) is 0. The van der Waals surface area contributed by atoms with Gasteiger partial charge in [-0.3, -0.25) is 19.8 Å². The molecule has 0 aromatic heterocycles. The Balaban J connectivity index is 3.02. The second kappa shape index (κ2) is 3.36. The Morgan fingerprint density at radius 2 is 2.23 bits per heavy atom. The molecule has 3 N–H and O–H groups in total. The van der Waals surface area contributed by atoms with Crippen LogP contribution in [0.25, 0.3) is 0 Å². The third kappa shape index (κ3) is 1.43. The lowest BCUT2D eigenvalue weighted by Gasteiger charge is -2.22. The van der Waals surface area contributed by atoms with E-state index in [1.54, 1.807) is 0 Å². The third-order valence-corrected chi connectivity index (χ3v) is 1.81. The van der Waals surface area contributed by atoms with Crippen LogP contribution in [-0.4, -0.2) is 28.4 Å². The molecule has 1 atom stereocenters. The summed E-state index contributed by atoms with van der Waals surface area (Å²) >= 11 is 0. The van der Waals surface area contributed by atoms with E-state index >= 15 is 0 Å². The van der Waals surface area contributed by atoms with Crippen molar-refractivity contribution in [1.82, 2.24) is 5.48 Å². The molecule has 13 heavy (non-hydrogen) atoms. The number of carboxylic acid groups (broad SMARTS) is 1. The van der Waals surface area contributed by atoms with Crippen molar-refractivity contribution in [2.75, 3.05) is 0 Å². The lowest BCUT2D eigenvalue weighted by atomic mass is 9.84. The number of hydrogen-bond acceptors (Lipinski definition) is 4. The number of aliphatic imine (C=N–C) groups is 1. The number of hydroxylamine groups is 1. The summed E-state index contributed by atoms with van der Waals surface area (Å²) in [4.78, 5) is 25.4. The minimum absolute atomic E-state index is 0.0156. The predicted octanol–water partition coefficient (Wildman–Crippen LogP) is -0.449. The van der Waals surface area contributed by atoms with Crippen molar-refractivity contribution in [3.63, 3.8) is 0 Å². The summed E-state index contributed by atoms with van der Waals surface area (Å²) in [5.41, 5.74) is -0.462. The van der Waals surface area contributed by atoms with Crippen LogP contribution in [0.5, 0.6) is 0 Å². The van der Waals surface area contributed by atoms with Crippen LogP contribution in [0, 0.1) is 5.41 Å². The Morgan fingerprint density at radius 1 is 1.54 bits per heavy atom. The summed E-state index contributed by atoms with van der Waals surface area (Å²) in [6.07, 6.45) is 3.83. The van der Waals surface area contributed by atoms with Crippen LogP contribution in [0.2, 0.25) is 0 Å². The quantitative estimate of drug-likeness (QED) is 0.307. The van der Waals surface area contributed by atoms with Gasteiger partial charge in [0.2, 0.25) is 0 Å². The average Bonchev–Trinajstić information content (AvgIpc) is 2.17. The number of hydrogen-bond donors (Lipinski definition) is 3. The SMILES string of the molecule is O=C(O)[C@@]1(C(=O)NO)C=NC=CC1. The molecule has 1 aliphatic heterocycles. The van der Waals surface area contributed by atoms with Crippen molar-refractivity contribution in [3.05, 3.63) is 12.3 Å². The molecule has 0 aromatic carbocycles. The summed E-state index contributed by atoms with van der Waals surface area (Å²) in [6.45, 7) is 0. The number of allylic oxidation sites excluding steroid dienone is 1. The number of carbonyl (C=O) groups excluding carboxylic acids is 1. The van der Waals surface area contributed by atoms with Gasteiger partial charge in [-0.2, -0.15) is 0 Å². The van der Waals surface area contributed by atoms with Crippen molar-refractivity contribution in [3.8, 4) is 0 Å². The van der Waals surface area contributed by atoms with Crippen LogP contribution in [-0.2, 0) is 9.59 Å². The molecule has 1 amide bonds. The first-order valence-corrected chi connectivity index (χ1v) is 3.51. The largest absolute Gasteiger partial charge is 0.480 e. The number of nitrogens with zero attached hydrogens (tertiary/aromatic N) is 1. The number of aliphatic carboxylic acids is 1. The van der Waals surface area contributed by atoms with Crippen LogP contribution in [0.4, 0.5) is 0 Å². The van der Waals surface area contributed by atoms with Gasteiger partial charge < -0.3 is 5.11 Å². The van der Waals surface area contributed by atoms with Gasteiger partial charge in [-0.1, -0.05) is 6.08 Å². The van der Waals surface area contributed by atoms with E-state index in [9.17, 15) is 9.59 Å². The van der Waals surface area contributed by atoms with E-state index in [-0.39, 0.29) is 6.42 Å². The van der Waals surface area contributed by atoms with E-state index in [4.69, 9.17) is 10.3 Å². The van der Waals surface area contributed by atoms with Crippen molar-refractivity contribution in [2.45, 2.75) is 6.42 Å². The van der Waals surface area contributed by atoms with Crippen molar-refractivity contribution in [2.24, 2.45) is 10.4 Å². The van der Waals surface area contributed by atoms with E-state index < -0.39 is 17.3 Å². The van der Waals surface area contributed by atoms with Gasteiger partial charge in [0.05, 0.1) is 0 Å². The van der Waals surface area contributed by atoms with E-state index in [1.807, 2.05) is 0 Å². The maximum atomic E-state index is 11.1. The Bertz CT molecular complexity index is 297. The Kier molecular flexibility index (Phi) is 2.43. The van der Waals surface area contributed by atoms with Gasteiger partial charge in [-0.05, 0) is 6.42 Å². The molecular formula is C7H8N2O4. The van der Waals surface area contributed by atoms with Gasteiger partial charge in [0.15, 0.2) is 5.41 Å². The standard InChI is InChI=1S/C7H8N2O4/c10-5(9-13)7(6(11)12)2-1-3-8-4-7/h1,3-4,13H,2H2,(H,9,10)(H,11,12)/t7-/m1/s1. The summed E-state index contributed by atoms with van der Waals surface area (Å²) in [5.74, 6) is -2.33. The Morgan fingerprint density at radius 3 is 2.62 bits per heavy atom. The van der Waals surface area contributed by atoms with Gasteiger partial charge in [-0.15, -0.1) is 0 Å². The fraction of sp³-hybridized carbons (Fsp3) is 0.286. The lowest BCUT2D eigenvalue weighted by Crippen LogP contribution is -2.47. The molecule has 0 fully saturated rings. The molecule has 0 bridgehead atoms. The zero-order valence-corrected chi connectivity index (χ0v) is 6.60. The molecule has 0 saturated heterocycles. The van der Waals surface area contributed by atoms with Crippen LogP contribution in [0.15, 0.2) is 17.3 Å². The van der Waals surface area contributed by atoms with Gasteiger partial charge in [0.25, 0.3) is 5.91 Å². The highest BCUT2D eigenvalue weighted by atomic mass is 16.5. The number of rotatable bonds is 2. The molecule has 70 valence electrons. The molecule has 0 aliphatic carbocycles. The molecule has 0 spiro atoms. The molecule has 0 radical (unpaired) electrons. The van der Waals surface area contributed by atoms with E-state index in [0.717, 1.165) is 6.21 Å². The molecule has 1 rings (SSSR count). The average molecular weight is 184 g/mol. The minimum atomic E-state index is -1.77. The van der Waals surface area contributed by atoms with Gasteiger partial charge in [0, 0.05) is 12.4 Å². The molecule has 1 heterocycles. The van der Waals surface area contributed by atoms with Crippen molar-refractivity contribution < 1.29 is 19.9 Å². The Hall–Kier alpha value is -1.69. The van der Waals surface area contributed by atoms with Crippen LogP contribution in [0.3, 0.4) is 0 Å². The number of carbonyl (C=O) groups is 2. The summed E-state index contributed by atoms with van der Waals surface area (Å²) < 4.78 is 0. The number of nitrogens with one attached hydrogen (secondary N) is 1. The normalized spacial score (nSPS) is 25.6. The number of amides is 1. The first-order chi connectivity index (χ1) is 6.13. The lowest BCUT2D eigenvalue weighted by molar-refractivity contribution is -0.153. The summed E-state index contributed by atoms with van der Waals surface area (Å²) in [5, 5.41) is 17.1. The second-order valence-electron chi connectivity index (χ2n) is 2.58. The zero-order chi connectivity index (χ0) is 9.90. The number of carboxylic acids is 1. The highest BCUT2D eigenvalue weighted by Crippen LogP contribution is 2.23. The molecular weight excluding hydrogens is 176 g/mol. The van der Waals surface area contributed by atoms with Crippen LogP contribution in [0.1, 0.15) is 6.42 Å². The third-order valence-electron chi connectivity index (χ3n) is 1.81. The second-order valence-corrected chi connectivity index (χ2v) is 2.58.